The monoisotopic (exact) mass is 343 g/mol. The lowest BCUT2D eigenvalue weighted by molar-refractivity contribution is -0.127. The molecular weight excluding hydrogens is 322 g/mol. The number of para-hydroxylation sites is 2. The Hall–Kier alpha value is -3.27. The molecule has 1 N–H and O–H groups in total. The lowest BCUT2D eigenvalue weighted by atomic mass is 10.1. The van der Waals surface area contributed by atoms with E-state index in [2.05, 4.69) is 40.2 Å². The zero-order chi connectivity index (χ0) is 18.1. The number of H-pyrrole nitrogens is 1. The molecule has 0 spiro atoms. The summed E-state index contributed by atoms with van der Waals surface area (Å²) in [6.45, 7) is 0.297. The molecule has 0 unspecified atom stereocenters. The number of anilines is 2. The maximum atomic E-state index is 12.4. The maximum absolute atomic E-state index is 12.4. The van der Waals surface area contributed by atoms with E-state index in [1.807, 2.05) is 42.5 Å². The summed E-state index contributed by atoms with van der Waals surface area (Å²) in [5, 5.41) is 2.35. The standard InChI is InChI=1S/C22H21N3O/c1-24(2)22(26)15-25(16-8-4-3-5-9-16)17-12-13-21-19(14-17)18-10-6-7-11-20(18)23-21/h3-14,23H,15H2,1-2H3. The van der Waals surface area contributed by atoms with Crippen LogP contribution in [0.2, 0.25) is 0 Å². The molecule has 0 saturated carbocycles. The Bertz CT molecular complexity index is 1070. The Balaban J connectivity index is 1.84. The van der Waals surface area contributed by atoms with Gasteiger partial charge in [0.1, 0.15) is 6.54 Å². The molecule has 0 bridgehead atoms. The summed E-state index contributed by atoms with van der Waals surface area (Å²) in [4.78, 5) is 19.5. The summed E-state index contributed by atoms with van der Waals surface area (Å²) in [5.41, 5.74) is 4.22. The Labute approximate surface area is 152 Å². The minimum atomic E-state index is 0.0628. The molecule has 3 aromatic carbocycles. The Morgan fingerprint density at radius 2 is 1.50 bits per heavy atom. The van der Waals surface area contributed by atoms with Crippen molar-refractivity contribution in [3.63, 3.8) is 0 Å². The molecule has 1 heterocycles. The topological polar surface area (TPSA) is 39.3 Å². The summed E-state index contributed by atoms with van der Waals surface area (Å²) in [6, 6.07) is 24.6. The minimum Gasteiger partial charge on any atom is -0.355 e. The van der Waals surface area contributed by atoms with Gasteiger partial charge in [-0.3, -0.25) is 4.79 Å². The van der Waals surface area contributed by atoms with Crippen LogP contribution in [0.4, 0.5) is 11.4 Å². The Kier molecular flexibility index (Phi) is 4.09. The van der Waals surface area contributed by atoms with Crippen molar-refractivity contribution in [3.05, 3.63) is 72.8 Å². The molecule has 4 heteroatoms. The molecule has 0 atom stereocenters. The van der Waals surface area contributed by atoms with Crippen LogP contribution in [0.1, 0.15) is 0 Å². The molecule has 0 radical (unpaired) electrons. The van der Waals surface area contributed by atoms with Gasteiger partial charge in [-0.2, -0.15) is 0 Å². The second-order valence-corrected chi connectivity index (χ2v) is 6.61. The summed E-state index contributed by atoms with van der Waals surface area (Å²) < 4.78 is 0. The van der Waals surface area contributed by atoms with Crippen molar-refractivity contribution in [1.29, 1.82) is 0 Å². The van der Waals surface area contributed by atoms with E-state index >= 15 is 0 Å². The first-order valence-electron chi connectivity index (χ1n) is 8.67. The number of fused-ring (bicyclic) bond motifs is 3. The van der Waals surface area contributed by atoms with Crippen LogP contribution in [0.15, 0.2) is 72.8 Å². The van der Waals surface area contributed by atoms with Crippen LogP contribution in [-0.4, -0.2) is 36.4 Å². The third kappa shape index (κ3) is 2.90. The van der Waals surface area contributed by atoms with Crippen LogP contribution in [0.25, 0.3) is 21.8 Å². The Morgan fingerprint density at radius 3 is 2.27 bits per heavy atom. The van der Waals surface area contributed by atoms with Gasteiger partial charge >= 0.3 is 0 Å². The molecule has 0 saturated heterocycles. The highest BCUT2D eigenvalue weighted by Crippen LogP contribution is 2.32. The quantitative estimate of drug-likeness (QED) is 0.590. The minimum absolute atomic E-state index is 0.0628. The van der Waals surface area contributed by atoms with E-state index in [0.29, 0.717) is 6.54 Å². The van der Waals surface area contributed by atoms with E-state index in [4.69, 9.17) is 0 Å². The van der Waals surface area contributed by atoms with Crippen molar-refractivity contribution in [2.45, 2.75) is 0 Å². The van der Waals surface area contributed by atoms with Crippen molar-refractivity contribution in [3.8, 4) is 0 Å². The molecule has 4 nitrogen and oxygen atoms in total. The normalized spacial score (nSPS) is 11.0. The molecule has 130 valence electrons. The van der Waals surface area contributed by atoms with Gasteiger partial charge in [-0.05, 0) is 36.4 Å². The number of nitrogens with zero attached hydrogens (tertiary/aromatic N) is 2. The van der Waals surface area contributed by atoms with E-state index in [9.17, 15) is 4.79 Å². The highest BCUT2D eigenvalue weighted by Gasteiger charge is 2.16. The number of benzene rings is 3. The molecular formula is C22H21N3O. The van der Waals surface area contributed by atoms with Crippen LogP contribution in [0.5, 0.6) is 0 Å². The zero-order valence-corrected chi connectivity index (χ0v) is 14.9. The van der Waals surface area contributed by atoms with Gasteiger partial charge in [0.05, 0.1) is 0 Å². The number of aromatic nitrogens is 1. The number of hydrogen-bond acceptors (Lipinski definition) is 2. The van der Waals surface area contributed by atoms with Gasteiger partial charge in [0, 0.05) is 47.3 Å². The number of aromatic amines is 1. The van der Waals surface area contributed by atoms with Crippen molar-refractivity contribution in [2.75, 3.05) is 25.5 Å². The molecule has 4 aromatic rings. The fourth-order valence-corrected chi connectivity index (χ4v) is 3.22. The van der Waals surface area contributed by atoms with Crippen molar-refractivity contribution in [1.82, 2.24) is 9.88 Å². The third-order valence-electron chi connectivity index (χ3n) is 4.66. The summed E-state index contributed by atoms with van der Waals surface area (Å²) >= 11 is 0. The van der Waals surface area contributed by atoms with Gasteiger partial charge in [-0.15, -0.1) is 0 Å². The predicted molar refractivity (Wildman–Crippen MR) is 108 cm³/mol. The molecule has 1 aromatic heterocycles. The number of hydrogen-bond donors (Lipinski definition) is 1. The summed E-state index contributed by atoms with van der Waals surface area (Å²) in [5.74, 6) is 0.0628. The highest BCUT2D eigenvalue weighted by molar-refractivity contribution is 6.08. The first-order valence-corrected chi connectivity index (χ1v) is 8.67. The van der Waals surface area contributed by atoms with E-state index in [0.717, 1.165) is 27.8 Å². The second kappa shape index (κ2) is 6.56. The smallest absolute Gasteiger partial charge is 0.242 e. The molecule has 1 amide bonds. The van der Waals surface area contributed by atoms with Crippen LogP contribution in [0, 0.1) is 0 Å². The first-order chi connectivity index (χ1) is 12.6. The third-order valence-corrected chi connectivity index (χ3v) is 4.66. The molecule has 0 aliphatic carbocycles. The SMILES string of the molecule is CN(C)C(=O)CN(c1ccccc1)c1ccc2[nH]c3ccccc3c2c1. The van der Waals surface area contributed by atoms with E-state index < -0.39 is 0 Å². The maximum Gasteiger partial charge on any atom is 0.242 e. The molecule has 0 aliphatic rings. The van der Waals surface area contributed by atoms with E-state index in [1.54, 1.807) is 19.0 Å². The van der Waals surface area contributed by atoms with E-state index in [1.165, 1.54) is 5.39 Å². The van der Waals surface area contributed by atoms with Gasteiger partial charge in [0.2, 0.25) is 5.91 Å². The summed E-state index contributed by atoms with van der Waals surface area (Å²) in [6.07, 6.45) is 0. The summed E-state index contributed by atoms with van der Waals surface area (Å²) in [7, 11) is 3.57. The largest absolute Gasteiger partial charge is 0.355 e. The van der Waals surface area contributed by atoms with Gasteiger partial charge in [-0.1, -0.05) is 36.4 Å². The van der Waals surface area contributed by atoms with Gasteiger partial charge in [0.15, 0.2) is 0 Å². The molecule has 26 heavy (non-hydrogen) atoms. The van der Waals surface area contributed by atoms with Crippen LogP contribution in [0.3, 0.4) is 0 Å². The van der Waals surface area contributed by atoms with Crippen LogP contribution in [-0.2, 0) is 4.79 Å². The first kappa shape index (κ1) is 16.2. The van der Waals surface area contributed by atoms with E-state index in [-0.39, 0.29) is 5.91 Å². The number of nitrogens with one attached hydrogen (secondary N) is 1. The number of amides is 1. The van der Waals surface area contributed by atoms with Crippen molar-refractivity contribution >= 4 is 39.1 Å². The number of rotatable bonds is 4. The van der Waals surface area contributed by atoms with Crippen LogP contribution < -0.4 is 4.90 Å². The second-order valence-electron chi connectivity index (χ2n) is 6.61. The fourth-order valence-electron chi connectivity index (χ4n) is 3.22. The number of carbonyl (C=O) groups excluding carboxylic acids is 1. The lowest BCUT2D eigenvalue weighted by Gasteiger charge is -2.26. The zero-order valence-electron chi connectivity index (χ0n) is 14.9. The Morgan fingerprint density at radius 1 is 0.808 bits per heavy atom. The van der Waals surface area contributed by atoms with Crippen molar-refractivity contribution < 1.29 is 4.79 Å². The lowest BCUT2D eigenvalue weighted by Crippen LogP contribution is -2.34. The van der Waals surface area contributed by atoms with Gasteiger partial charge < -0.3 is 14.8 Å². The van der Waals surface area contributed by atoms with Crippen LogP contribution >= 0.6 is 0 Å². The van der Waals surface area contributed by atoms with Gasteiger partial charge in [-0.25, -0.2) is 0 Å². The fraction of sp³-hybridized carbons (Fsp3) is 0.136. The number of likely N-dealkylation sites (N-methyl/N-ethyl adjacent to an activating group) is 1. The average molecular weight is 343 g/mol. The van der Waals surface area contributed by atoms with Gasteiger partial charge in [0.25, 0.3) is 0 Å². The molecule has 0 fully saturated rings. The average Bonchev–Trinajstić information content (AvgIpc) is 3.04. The molecule has 0 aliphatic heterocycles. The number of carbonyl (C=O) groups is 1. The highest BCUT2D eigenvalue weighted by atomic mass is 16.2. The van der Waals surface area contributed by atoms with Crippen molar-refractivity contribution in [2.24, 2.45) is 0 Å². The predicted octanol–water partition coefficient (Wildman–Crippen LogP) is 4.55. The molecule has 4 rings (SSSR count).